The summed E-state index contributed by atoms with van der Waals surface area (Å²) in [6.07, 6.45) is -0.484. The zero-order valence-corrected chi connectivity index (χ0v) is 11.7. The van der Waals surface area contributed by atoms with Crippen molar-refractivity contribution < 1.29 is 17.9 Å². The van der Waals surface area contributed by atoms with Crippen LogP contribution in [0.4, 0.5) is 13.2 Å². The Bertz CT molecular complexity index is 243. The Morgan fingerprint density at radius 3 is 2.50 bits per heavy atom. The normalized spacial score (nSPS) is 29.8. The van der Waals surface area contributed by atoms with Crippen molar-refractivity contribution in [3.63, 3.8) is 0 Å². The average molecular weight is 287 g/mol. The van der Waals surface area contributed by atoms with Crippen LogP contribution in [0.1, 0.15) is 39.5 Å². The molecule has 18 heavy (non-hydrogen) atoms. The molecule has 1 saturated carbocycles. The third kappa shape index (κ3) is 5.79. The van der Waals surface area contributed by atoms with E-state index in [1.54, 1.807) is 0 Å². The molecule has 1 aliphatic rings. The Morgan fingerprint density at radius 1 is 1.28 bits per heavy atom. The molecule has 108 valence electrons. The summed E-state index contributed by atoms with van der Waals surface area (Å²) in [5.74, 6) is 1.56. The molecule has 3 atom stereocenters. The van der Waals surface area contributed by atoms with Crippen LogP contribution in [0, 0.1) is 17.8 Å². The molecule has 1 nitrogen and oxygen atoms in total. The third-order valence-electron chi connectivity index (χ3n) is 3.77. The van der Waals surface area contributed by atoms with Crippen LogP contribution < -0.4 is 0 Å². The number of hydrogen-bond donors (Lipinski definition) is 0. The topological polar surface area (TPSA) is 9.23 Å². The van der Waals surface area contributed by atoms with Crippen LogP contribution in [0.2, 0.25) is 0 Å². The van der Waals surface area contributed by atoms with Gasteiger partial charge < -0.3 is 4.74 Å². The van der Waals surface area contributed by atoms with E-state index in [9.17, 15) is 13.2 Å². The highest BCUT2D eigenvalue weighted by Gasteiger charge is 2.31. The van der Waals surface area contributed by atoms with Crippen LogP contribution in [0.5, 0.6) is 0 Å². The second-order valence-electron chi connectivity index (χ2n) is 5.55. The van der Waals surface area contributed by atoms with Crippen molar-refractivity contribution >= 4 is 11.6 Å². The Morgan fingerprint density at radius 2 is 1.94 bits per heavy atom. The van der Waals surface area contributed by atoms with E-state index in [0.717, 1.165) is 19.3 Å². The lowest BCUT2D eigenvalue weighted by Gasteiger charge is -2.35. The van der Waals surface area contributed by atoms with Gasteiger partial charge in [0, 0.05) is 12.0 Å². The van der Waals surface area contributed by atoms with Gasteiger partial charge in [-0.15, -0.1) is 11.6 Å². The number of hydrogen-bond acceptors (Lipinski definition) is 1. The SMILES string of the molecule is CC(C)C1CCC(Cl)C(CCOCC(F)(F)F)C1. The minimum atomic E-state index is -4.23. The van der Waals surface area contributed by atoms with Gasteiger partial charge in [0.1, 0.15) is 6.61 Å². The fourth-order valence-electron chi connectivity index (χ4n) is 2.59. The van der Waals surface area contributed by atoms with E-state index in [1.807, 2.05) is 0 Å². The van der Waals surface area contributed by atoms with Gasteiger partial charge in [-0.3, -0.25) is 0 Å². The first-order valence-electron chi connectivity index (χ1n) is 6.58. The highest BCUT2D eigenvalue weighted by Crippen LogP contribution is 2.38. The molecular formula is C13H22ClF3O. The summed E-state index contributed by atoms with van der Waals surface area (Å²) in [4.78, 5) is 0. The summed E-state index contributed by atoms with van der Waals surface area (Å²) in [6, 6.07) is 0. The molecule has 1 fully saturated rings. The van der Waals surface area contributed by atoms with Crippen LogP contribution in [0.3, 0.4) is 0 Å². The molecular weight excluding hydrogens is 265 g/mol. The molecule has 0 radical (unpaired) electrons. The molecule has 1 aliphatic carbocycles. The molecule has 0 saturated heterocycles. The summed E-state index contributed by atoms with van der Waals surface area (Å²) in [6.45, 7) is 3.38. The first-order chi connectivity index (χ1) is 8.29. The van der Waals surface area contributed by atoms with Crippen molar-refractivity contribution in [3.05, 3.63) is 0 Å². The molecule has 0 N–H and O–H groups in total. The van der Waals surface area contributed by atoms with E-state index in [-0.39, 0.29) is 12.0 Å². The minimum Gasteiger partial charge on any atom is -0.372 e. The summed E-state index contributed by atoms with van der Waals surface area (Å²) in [5, 5.41) is 0.0921. The van der Waals surface area contributed by atoms with Gasteiger partial charge in [-0.05, 0) is 43.4 Å². The average Bonchev–Trinajstić information content (AvgIpc) is 2.24. The van der Waals surface area contributed by atoms with Crippen molar-refractivity contribution in [2.75, 3.05) is 13.2 Å². The van der Waals surface area contributed by atoms with E-state index in [0.29, 0.717) is 24.2 Å². The molecule has 0 aromatic heterocycles. The van der Waals surface area contributed by atoms with Gasteiger partial charge in [0.15, 0.2) is 0 Å². The predicted octanol–water partition coefficient (Wildman–Crippen LogP) is 4.64. The van der Waals surface area contributed by atoms with Crippen LogP contribution in [0.25, 0.3) is 0 Å². The van der Waals surface area contributed by atoms with E-state index < -0.39 is 12.8 Å². The van der Waals surface area contributed by atoms with Gasteiger partial charge in [0.25, 0.3) is 0 Å². The Kier molecular flexibility index (Phi) is 6.25. The molecule has 0 bridgehead atoms. The monoisotopic (exact) mass is 286 g/mol. The minimum absolute atomic E-state index is 0.0921. The Labute approximate surface area is 112 Å². The molecule has 0 aromatic carbocycles. The van der Waals surface area contributed by atoms with Crippen molar-refractivity contribution in [1.29, 1.82) is 0 Å². The van der Waals surface area contributed by atoms with Gasteiger partial charge >= 0.3 is 6.18 Å². The number of alkyl halides is 4. The molecule has 0 spiro atoms. The van der Waals surface area contributed by atoms with Crippen LogP contribution in [0.15, 0.2) is 0 Å². The summed E-state index contributed by atoms with van der Waals surface area (Å²) >= 11 is 6.24. The lowest BCUT2D eigenvalue weighted by atomic mass is 9.75. The first-order valence-corrected chi connectivity index (χ1v) is 7.02. The number of rotatable bonds is 5. The van der Waals surface area contributed by atoms with Gasteiger partial charge in [-0.2, -0.15) is 13.2 Å². The standard InChI is InChI=1S/C13H22ClF3O/c1-9(2)10-3-4-12(14)11(7-10)5-6-18-8-13(15,16)17/h9-12H,3-8H2,1-2H3. The molecule has 3 unspecified atom stereocenters. The molecule has 0 aliphatic heterocycles. The van der Waals surface area contributed by atoms with Crippen molar-refractivity contribution in [3.8, 4) is 0 Å². The van der Waals surface area contributed by atoms with E-state index in [2.05, 4.69) is 18.6 Å². The molecule has 0 amide bonds. The molecule has 5 heteroatoms. The van der Waals surface area contributed by atoms with Crippen molar-refractivity contribution in [2.24, 2.45) is 17.8 Å². The maximum Gasteiger partial charge on any atom is 0.411 e. The van der Waals surface area contributed by atoms with Crippen LogP contribution >= 0.6 is 11.6 Å². The first kappa shape index (κ1) is 16.1. The lowest BCUT2D eigenvalue weighted by Crippen LogP contribution is -2.29. The summed E-state index contributed by atoms with van der Waals surface area (Å²) in [5.41, 5.74) is 0. The van der Waals surface area contributed by atoms with Crippen molar-refractivity contribution in [2.45, 2.75) is 51.1 Å². The zero-order valence-electron chi connectivity index (χ0n) is 11.0. The maximum atomic E-state index is 11.9. The van der Waals surface area contributed by atoms with E-state index in [1.165, 1.54) is 0 Å². The van der Waals surface area contributed by atoms with E-state index >= 15 is 0 Å². The third-order valence-corrected chi connectivity index (χ3v) is 4.35. The summed E-state index contributed by atoms with van der Waals surface area (Å²) < 4.78 is 40.4. The van der Waals surface area contributed by atoms with Gasteiger partial charge in [-0.1, -0.05) is 13.8 Å². The summed E-state index contributed by atoms with van der Waals surface area (Å²) in [7, 11) is 0. The second kappa shape index (κ2) is 6.99. The quantitative estimate of drug-likeness (QED) is 0.529. The van der Waals surface area contributed by atoms with Crippen LogP contribution in [-0.4, -0.2) is 24.8 Å². The highest BCUT2D eigenvalue weighted by molar-refractivity contribution is 6.20. The number of halogens is 4. The second-order valence-corrected chi connectivity index (χ2v) is 6.11. The lowest BCUT2D eigenvalue weighted by molar-refractivity contribution is -0.174. The molecule has 1 rings (SSSR count). The van der Waals surface area contributed by atoms with Gasteiger partial charge in [0.05, 0.1) is 0 Å². The maximum absolute atomic E-state index is 11.9. The largest absolute Gasteiger partial charge is 0.411 e. The smallest absolute Gasteiger partial charge is 0.372 e. The molecule has 0 aromatic rings. The van der Waals surface area contributed by atoms with Crippen molar-refractivity contribution in [1.82, 2.24) is 0 Å². The Balaban J connectivity index is 2.27. The van der Waals surface area contributed by atoms with Gasteiger partial charge in [0.2, 0.25) is 0 Å². The fourth-order valence-corrected chi connectivity index (χ4v) is 2.95. The van der Waals surface area contributed by atoms with E-state index in [4.69, 9.17) is 11.6 Å². The van der Waals surface area contributed by atoms with Crippen LogP contribution in [-0.2, 0) is 4.74 Å². The van der Waals surface area contributed by atoms with Gasteiger partial charge in [-0.25, -0.2) is 0 Å². The zero-order chi connectivity index (χ0) is 13.8. The Hall–Kier alpha value is 0.0400. The predicted molar refractivity (Wildman–Crippen MR) is 66.8 cm³/mol. The highest BCUT2D eigenvalue weighted by atomic mass is 35.5. The molecule has 0 heterocycles. The fraction of sp³-hybridized carbons (Fsp3) is 1.00. The number of ether oxygens (including phenoxy) is 1.